The monoisotopic (exact) mass is 299 g/mol. The first-order valence-corrected chi connectivity index (χ1v) is 8.85. The Balaban J connectivity index is 1.45. The van der Waals surface area contributed by atoms with Gasteiger partial charge in [-0.15, -0.1) is 0 Å². The highest BCUT2D eigenvalue weighted by Crippen LogP contribution is 2.36. The fourth-order valence-electron chi connectivity index (χ4n) is 4.09. The van der Waals surface area contributed by atoms with Gasteiger partial charge in [-0.1, -0.05) is 12.8 Å². The number of anilines is 1. The Morgan fingerprint density at radius 1 is 1.09 bits per heavy atom. The van der Waals surface area contributed by atoms with E-state index in [0.717, 1.165) is 30.3 Å². The summed E-state index contributed by atoms with van der Waals surface area (Å²) in [4.78, 5) is 19.4. The number of carbonyl (C=O) groups is 1. The van der Waals surface area contributed by atoms with E-state index in [2.05, 4.69) is 15.2 Å². The van der Waals surface area contributed by atoms with Gasteiger partial charge in [0, 0.05) is 24.8 Å². The molecule has 3 aliphatic rings. The molecule has 0 spiro atoms. The molecule has 3 fully saturated rings. The SMILES string of the molecule is O=C(c1ccc(NC2CC2)nc1)N1CCCC1C1CCCC1. The number of hydrogen-bond acceptors (Lipinski definition) is 3. The molecule has 1 atom stereocenters. The molecule has 1 saturated heterocycles. The lowest BCUT2D eigenvalue weighted by atomic mass is 9.95. The summed E-state index contributed by atoms with van der Waals surface area (Å²) in [5.74, 6) is 1.81. The van der Waals surface area contributed by atoms with Crippen molar-refractivity contribution in [3.8, 4) is 0 Å². The molecule has 1 amide bonds. The number of hydrogen-bond donors (Lipinski definition) is 1. The van der Waals surface area contributed by atoms with Gasteiger partial charge in [-0.05, 0) is 56.6 Å². The maximum absolute atomic E-state index is 12.8. The van der Waals surface area contributed by atoms with Crippen LogP contribution in [0.25, 0.3) is 0 Å². The molecule has 1 aromatic rings. The van der Waals surface area contributed by atoms with Gasteiger partial charge in [0.05, 0.1) is 5.56 Å². The van der Waals surface area contributed by atoms with Crippen LogP contribution in [0.15, 0.2) is 18.3 Å². The standard InChI is InChI=1S/C18H25N3O/c22-18(14-7-10-17(19-12-14)20-15-8-9-15)21-11-3-6-16(21)13-4-1-2-5-13/h7,10,12-13,15-16H,1-6,8-9,11H2,(H,19,20). The molecule has 4 heteroatoms. The summed E-state index contributed by atoms with van der Waals surface area (Å²) in [6.45, 7) is 0.919. The number of aromatic nitrogens is 1. The fraction of sp³-hybridized carbons (Fsp3) is 0.667. The van der Waals surface area contributed by atoms with Crippen LogP contribution in [-0.4, -0.2) is 34.4 Å². The third kappa shape index (κ3) is 2.83. The van der Waals surface area contributed by atoms with Crippen molar-refractivity contribution in [2.24, 2.45) is 5.92 Å². The van der Waals surface area contributed by atoms with Crippen LogP contribution < -0.4 is 5.32 Å². The van der Waals surface area contributed by atoms with E-state index in [9.17, 15) is 4.79 Å². The predicted molar refractivity (Wildman–Crippen MR) is 86.9 cm³/mol. The normalized spacial score (nSPS) is 25.6. The van der Waals surface area contributed by atoms with Gasteiger partial charge < -0.3 is 10.2 Å². The summed E-state index contributed by atoms with van der Waals surface area (Å²) in [7, 11) is 0. The molecule has 4 nitrogen and oxygen atoms in total. The van der Waals surface area contributed by atoms with Gasteiger partial charge in [0.25, 0.3) is 5.91 Å². The van der Waals surface area contributed by atoms with E-state index >= 15 is 0 Å². The van der Waals surface area contributed by atoms with E-state index in [-0.39, 0.29) is 5.91 Å². The van der Waals surface area contributed by atoms with E-state index in [1.54, 1.807) is 6.20 Å². The first-order chi connectivity index (χ1) is 10.8. The number of pyridine rings is 1. The second kappa shape index (κ2) is 5.90. The molecule has 4 rings (SSSR count). The number of nitrogens with one attached hydrogen (secondary N) is 1. The minimum Gasteiger partial charge on any atom is -0.367 e. The third-order valence-electron chi connectivity index (χ3n) is 5.44. The number of amides is 1. The molecule has 0 radical (unpaired) electrons. The van der Waals surface area contributed by atoms with Crippen molar-refractivity contribution in [2.75, 3.05) is 11.9 Å². The maximum Gasteiger partial charge on any atom is 0.255 e. The first kappa shape index (κ1) is 14.0. The van der Waals surface area contributed by atoms with Crippen LogP contribution in [0.2, 0.25) is 0 Å². The molecule has 1 unspecified atom stereocenters. The minimum absolute atomic E-state index is 0.180. The Kier molecular flexibility index (Phi) is 3.77. The van der Waals surface area contributed by atoms with Crippen LogP contribution in [0.1, 0.15) is 61.7 Å². The summed E-state index contributed by atoms with van der Waals surface area (Å²) in [6.07, 6.45) is 11.8. The molecule has 0 bridgehead atoms. The van der Waals surface area contributed by atoms with E-state index in [1.807, 2.05) is 12.1 Å². The second-order valence-electron chi connectivity index (χ2n) is 7.10. The zero-order chi connectivity index (χ0) is 14.9. The van der Waals surface area contributed by atoms with Crippen molar-refractivity contribution in [3.63, 3.8) is 0 Å². The molecular weight excluding hydrogens is 274 g/mol. The van der Waals surface area contributed by atoms with Crippen molar-refractivity contribution < 1.29 is 4.79 Å². The topological polar surface area (TPSA) is 45.2 Å². The lowest BCUT2D eigenvalue weighted by Gasteiger charge is -2.29. The number of likely N-dealkylation sites (tertiary alicyclic amines) is 1. The average molecular weight is 299 g/mol. The van der Waals surface area contributed by atoms with Crippen LogP contribution in [0, 0.1) is 5.92 Å². The molecule has 2 heterocycles. The van der Waals surface area contributed by atoms with Crippen LogP contribution >= 0.6 is 0 Å². The maximum atomic E-state index is 12.8. The molecular formula is C18H25N3O. The van der Waals surface area contributed by atoms with Gasteiger partial charge in [0.15, 0.2) is 0 Å². The molecule has 1 aromatic heterocycles. The van der Waals surface area contributed by atoms with Crippen LogP contribution in [0.5, 0.6) is 0 Å². The van der Waals surface area contributed by atoms with Crippen molar-refractivity contribution in [2.45, 2.75) is 63.5 Å². The lowest BCUT2D eigenvalue weighted by molar-refractivity contribution is 0.0688. The molecule has 1 N–H and O–H groups in total. The summed E-state index contributed by atoms with van der Waals surface area (Å²) < 4.78 is 0. The van der Waals surface area contributed by atoms with E-state index in [0.29, 0.717) is 12.1 Å². The largest absolute Gasteiger partial charge is 0.367 e. The molecule has 2 aliphatic carbocycles. The smallest absolute Gasteiger partial charge is 0.255 e. The Labute approximate surface area is 132 Å². The quantitative estimate of drug-likeness (QED) is 0.926. The van der Waals surface area contributed by atoms with Gasteiger partial charge in [-0.2, -0.15) is 0 Å². The number of rotatable bonds is 4. The highest BCUT2D eigenvalue weighted by molar-refractivity contribution is 5.94. The molecule has 0 aromatic carbocycles. The Hall–Kier alpha value is -1.58. The number of carbonyl (C=O) groups excluding carboxylic acids is 1. The van der Waals surface area contributed by atoms with Crippen LogP contribution in [-0.2, 0) is 0 Å². The summed E-state index contributed by atoms with van der Waals surface area (Å²) >= 11 is 0. The summed E-state index contributed by atoms with van der Waals surface area (Å²) in [5.41, 5.74) is 0.742. The second-order valence-corrected chi connectivity index (χ2v) is 7.10. The van der Waals surface area contributed by atoms with Gasteiger partial charge in [0.1, 0.15) is 5.82 Å². The van der Waals surface area contributed by atoms with Gasteiger partial charge >= 0.3 is 0 Å². The van der Waals surface area contributed by atoms with E-state index in [4.69, 9.17) is 0 Å². The average Bonchev–Trinajstić information content (AvgIpc) is 3.05. The van der Waals surface area contributed by atoms with Gasteiger partial charge in [0.2, 0.25) is 0 Å². The van der Waals surface area contributed by atoms with Gasteiger partial charge in [-0.3, -0.25) is 4.79 Å². The first-order valence-electron chi connectivity index (χ1n) is 8.85. The third-order valence-corrected chi connectivity index (χ3v) is 5.44. The summed E-state index contributed by atoms with van der Waals surface area (Å²) in [5, 5.41) is 3.37. The fourth-order valence-corrected chi connectivity index (χ4v) is 4.09. The van der Waals surface area contributed by atoms with Crippen molar-refractivity contribution in [1.82, 2.24) is 9.88 Å². The molecule has 2 saturated carbocycles. The zero-order valence-electron chi connectivity index (χ0n) is 13.1. The van der Waals surface area contributed by atoms with E-state index < -0.39 is 0 Å². The molecule has 22 heavy (non-hydrogen) atoms. The highest BCUT2D eigenvalue weighted by atomic mass is 16.2. The lowest BCUT2D eigenvalue weighted by Crippen LogP contribution is -2.39. The number of nitrogens with zero attached hydrogens (tertiary/aromatic N) is 2. The Morgan fingerprint density at radius 2 is 1.91 bits per heavy atom. The summed E-state index contributed by atoms with van der Waals surface area (Å²) in [6, 6.07) is 4.95. The molecule has 118 valence electrons. The van der Waals surface area contributed by atoms with Gasteiger partial charge in [-0.25, -0.2) is 4.98 Å². The highest BCUT2D eigenvalue weighted by Gasteiger charge is 2.36. The van der Waals surface area contributed by atoms with Crippen molar-refractivity contribution >= 4 is 11.7 Å². The zero-order valence-corrected chi connectivity index (χ0v) is 13.1. The van der Waals surface area contributed by atoms with Crippen molar-refractivity contribution in [3.05, 3.63) is 23.9 Å². The minimum atomic E-state index is 0.180. The Morgan fingerprint density at radius 3 is 2.59 bits per heavy atom. The molecule has 1 aliphatic heterocycles. The Bertz CT molecular complexity index is 532. The van der Waals surface area contributed by atoms with Crippen LogP contribution in [0.3, 0.4) is 0 Å². The predicted octanol–water partition coefficient (Wildman–Crippen LogP) is 3.45. The van der Waals surface area contributed by atoms with Crippen LogP contribution in [0.4, 0.5) is 5.82 Å². The van der Waals surface area contributed by atoms with E-state index in [1.165, 1.54) is 44.9 Å². The van der Waals surface area contributed by atoms with Crippen molar-refractivity contribution in [1.29, 1.82) is 0 Å².